The van der Waals surface area contributed by atoms with Crippen molar-refractivity contribution in [1.29, 1.82) is 0 Å². The van der Waals surface area contributed by atoms with Crippen molar-refractivity contribution in [3.05, 3.63) is 18.3 Å². The van der Waals surface area contributed by atoms with Gasteiger partial charge >= 0.3 is 13.6 Å². The third kappa shape index (κ3) is 3.36. The average molecular weight is 289 g/mol. The van der Waals surface area contributed by atoms with Crippen LogP contribution in [0, 0.1) is 0 Å². The van der Waals surface area contributed by atoms with Crippen molar-refractivity contribution < 1.29 is 19.0 Å². The van der Waals surface area contributed by atoms with Crippen molar-refractivity contribution in [3.8, 4) is 0 Å². The van der Waals surface area contributed by atoms with Crippen LogP contribution in [-0.4, -0.2) is 35.7 Å². The molecule has 0 spiro atoms. The number of hydrogen-bond acceptors (Lipinski definition) is 5. The Hall–Kier alpha value is -2.02. The lowest BCUT2D eigenvalue weighted by molar-refractivity contribution is 0.0581. The summed E-state index contributed by atoms with van der Waals surface area (Å²) in [5, 5.41) is 9.69. The molecule has 1 N–H and O–H groups in total. The Morgan fingerprint density at radius 1 is 1.52 bits per heavy atom. The SMILES string of the molecule is CCN(C(=O)OC(C)(C)C)c1nccc2oc([B]O)cc12. The Balaban J connectivity index is 2.42. The fourth-order valence-corrected chi connectivity index (χ4v) is 1.93. The maximum Gasteiger partial charge on any atom is 0.416 e. The molecule has 0 saturated carbocycles. The number of aromatic nitrogens is 1. The third-order valence-electron chi connectivity index (χ3n) is 2.76. The highest BCUT2D eigenvalue weighted by Gasteiger charge is 2.25. The smallest absolute Gasteiger partial charge is 0.416 e. The number of carbonyl (C=O) groups is 1. The molecule has 7 heteroatoms. The van der Waals surface area contributed by atoms with E-state index in [1.54, 1.807) is 18.3 Å². The van der Waals surface area contributed by atoms with Crippen LogP contribution in [0.2, 0.25) is 0 Å². The summed E-state index contributed by atoms with van der Waals surface area (Å²) >= 11 is 0. The number of carbonyl (C=O) groups excluding carboxylic acids is 1. The highest BCUT2D eigenvalue weighted by molar-refractivity contribution is 6.44. The fourth-order valence-electron chi connectivity index (χ4n) is 1.93. The van der Waals surface area contributed by atoms with Crippen LogP contribution in [0.3, 0.4) is 0 Å². The van der Waals surface area contributed by atoms with E-state index in [2.05, 4.69) is 4.98 Å². The molecule has 1 radical (unpaired) electrons. The molecule has 0 bridgehead atoms. The number of amides is 1. The van der Waals surface area contributed by atoms with Gasteiger partial charge in [0.15, 0.2) is 0 Å². The van der Waals surface area contributed by atoms with E-state index < -0.39 is 11.7 Å². The van der Waals surface area contributed by atoms with E-state index in [-0.39, 0.29) is 0 Å². The van der Waals surface area contributed by atoms with Gasteiger partial charge in [0.1, 0.15) is 17.0 Å². The Bertz CT molecular complexity index is 648. The zero-order valence-corrected chi connectivity index (χ0v) is 12.6. The number of nitrogens with zero attached hydrogens (tertiary/aromatic N) is 2. The first kappa shape index (κ1) is 15.4. The zero-order chi connectivity index (χ0) is 15.6. The minimum Gasteiger partial charge on any atom is -0.468 e. The van der Waals surface area contributed by atoms with Gasteiger partial charge in [0.25, 0.3) is 0 Å². The van der Waals surface area contributed by atoms with Crippen LogP contribution in [-0.2, 0) is 4.74 Å². The van der Waals surface area contributed by atoms with Crippen molar-refractivity contribution in [2.24, 2.45) is 0 Å². The van der Waals surface area contributed by atoms with Gasteiger partial charge in [-0.2, -0.15) is 0 Å². The average Bonchev–Trinajstić information content (AvgIpc) is 2.81. The standard InChI is InChI=1S/C14H18BN2O4/c1-5-17(13(18)21-14(2,3)4)12-9-8-11(15-19)20-10(9)6-7-16-12/h6-8,19H,5H2,1-4H3. The van der Waals surface area contributed by atoms with Crippen LogP contribution in [0.5, 0.6) is 0 Å². The molecule has 0 aliphatic rings. The van der Waals surface area contributed by atoms with Crippen LogP contribution in [0.25, 0.3) is 11.0 Å². The molecule has 2 rings (SSSR count). The van der Waals surface area contributed by atoms with Gasteiger partial charge in [0.2, 0.25) is 0 Å². The van der Waals surface area contributed by atoms with Crippen molar-refractivity contribution in [3.63, 3.8) is 0 Å². The lowest BCUT2D eigenvalue weighted by Gasteiger charge is -2.26. The minimum atomic E-state index is -0.584. The molecule has 2 aromatic heterocycles. The number of anilines is 1. The number of pyridine rings is 1. The van der Waals surface area contributed by atoms with Gasteiger partial charge in [0.05, 0.1) is 11.0 Å². The van der Waals surface area contributed by atoms with Gasteiger partial charge in [-0.25, -0.2) is 9.78 Å². The fraction of sp³-hybridized carbons (Fsp3) is 0.429. The normalized spacial score (nSPS) is 11.5. The summed E-state index contributed by atoms with van der Waals surface area (Å²) in [6.45, 7) is 7.67. The van der Waals surface area contributed by atoms with Crippen molar-refractivity contribution >= 4 is 36.0 Å². The predicted molar refractivity (Wildman–Crippen MR) is 80.9 cm³/mol. The maximum absolute atomic E-state index is 12.3. The van der Waals surface area contributed by atoms with E-state index in [9.17, 15) is 4.79 Å². The van der Waals surface area contributed by atoms with Crippen LogP contribution in [0.15, 0.2) is 22.7 Å². The topological polar surface area (TPSA) is 75.8 Å². The highest BCUT2D eigenvalue weighted by atomic mass is 16.6. The summed E-state index contributed by atoms with van der Waals surface area (Å²) in [5.74, 6) is 0.445. The van der Waals surface area contributed by atoms with Gasteiger partial charge in [-0.15, -0.1) is 0 Å². The molecule has 6 nitrogen and oxygen atoms in total. The molecule has 0 saturated heterocycles. The van der Waals surface area contributed by atoms with Crippen molar-refractivity contribution in [2.75, 3.05) is 11.4 Å². The van der Waals surface area contributed by atoms with E-state index in [1.807, 2.05) is 27.7 Å². The molecular weight excluding hydrogens is 271 g/mol. The number of fused-ring (bicyclic) bond motifs is 1. The summed E-state index contributed by atoms with van der Waals surface area (Å²) in [6.07, 6.45) is 1.08. The van der Waals surface area contributed by atoms with Crippen molar-refractivity contribution in [2.45, 2.75) is 33.3 Å². The van der Waals surface area contributed by atoms with Gasteiger partial charge in [-0.1, -0.05) is 0 Å². The first-order chi connectivity index (χ1) is 9.85. The quantitative estimate of drug-likeness (QED) is 0.872. The summed E-state index contributed by atoms with van der Waals surface area (Å²) in [4.78, 5) is 18.0. The first-order valence-corrected chi connectivity index (χ1v) is 6.72. The second-order valence-electron chi connectivity index (χ2n) is 5.55. The number of furan rings is 1. The van der Waals surface area contributed by atoms with E-state index in [0.29, 0.717) is 29.0 Å². The first-order valence-electron chi connectivity index (χ1n) is 6.72. The molecule has 0 unspecified atom stereocenters. The Morgan fingerprint density at radius 3 is 2.81 bits per heavy atom. The van der Waals surface area contributed by atoms with Gasteiger partial charge in [0, 0.05) is 12.7 Å². The van der Waals surface area contributed by atoms with E-state index in [0.717, 1.165) is 7.48 Å². The summed E-state index contributed by atoms with van der Waals surface area (Å²) in [5.41, 5.74) is 0.264. The second kappa shape index (κ2) is 5.77. The molecule has 1 amide bonds. The molecule has 0 fully saturated rings. The van der Waals surface area contributed by atoms with Gasteiger partial charge in [-0.3, -0.25) is 4.90 Å². The minimum absolute atomic E-state index is 0.305. The molecule has 0 aliphatic carbocycles. The molecule has 2 aromatic rings. The van der Waals surface area contributed by atoms with Crippen LogP contribution >= 0.6 is 0 Å². The number of rotatable bonds is 3. The maximum atomic E-state index is 12.3. The van der Waals surface area contributed by atoms with E-state index >= 15 is 0 Å². The Morgan fingerprint density at radius 2 is 2.24 bits per heavy atom. The number of hydrogen-bond donors (Lipinski definition) is 1. The van der Waals surface area contributed by atoms with Crippen LogP contribution in [0.1, 0.15) is 27.7 Å². The van der Waals surface area contributed by atoms with E-state index in [1.165, 1.54) is 4.90 Å². The largest absolute Gasteiger partial charge is 0.468 e. The molecule has 21 heavy (non-hydrogen) atoms. The number of ether oxygens (including phenoxy) is 1. The highest BCUT2D eigenvalue weighted by Crippen LogP contribution is 2.25. The molecule has 111 valence electrons. The third-order valence-corrected chi connectivity index (χ3v) is 2.76. The van der Waals surface area contributed by atoms with Gasteiger partial charge < -0.3 is 14.2 Å². The zero-order valence-electron chi connectivity index (χ0n) is 12.6. The lowest BCUT2D eigenvalue weighted by atomic mass is 9.98. The van der Waals surface area contributed by atoms with Crippen molar-refractivity contribution in [1.82, 2.24) is 4.98 Å². The van der Waals surface area contributed by atoms with Crippen LogP contribution in [0.4, 0.5) is 10.6 Å². The molecular formula is C14H18BN2O4. The molecule has 2 heterocycles. The Kier molecular flexibility index (Phi) is 4.23. The second-order valence-corrected chi connectivity index (χ2v) is 5.55. The molecule has 0 aromatic carbocycles. The lowest BCUT2D eigenvalue weighted by Crippen LogP contribution is -2.37. The summed E-state index contributed by atoms with van der Waals surface area (Å²) in [6, 6.07) is 3.31. The monoisotopic (exact) mass is 289 g/mol. The summed E-state index contributed by atoms with van der Waals surface area (Å²) in [7, 11) is 0.869. The molecule has 0 aliphatic heterocycles. The molecule has 0 atom stereocenters. The predicted octanol–water partition coefficient (Wildman–Crippen LogP) is 1.83. The van der Waals surface area contributed by atoms with E-state index in [4.69, 9.17) is 14.2 Å². The summed E-state index contributed by atoms with van der Waals surface area (Å²) < 4.78 is 10.8. The van der Waals surface area contributed by atoms with Gasteiger partial charge in [-0.05, 0) is 39.8 Å². The Labute approximate surface area is 124 Å². The van der Waals surface area contributed by atoms with Crippen LogP contribution < -0.4 is 10.6 Å².